The van der Waals surface area contributed by atoms with Gasteiger partial charge in [0.1, 0.15) is 35.6 Å². The van der Waals surface area contributed by atoms with Crippen LogP contribution in [0, 0.1) is 16.7 Å². The summed E-state index contributed by atoms with van der Waals surface area (Å²) in [5.41, 5.74) is -9.75. The van der Waals surface area contributed by atoms with Gasteiger partial charge < -0.3 is 54.5 Å². The highest BCUT2D eigenvalue weighted by Crippen LogP contribution is 2.64. The highest BCUT2D eigenvalue weighted by Gasteiger charge is 2.79. The third-order valence-corrected chi connectivity index (χ3v) is 12.6. The van der Waals surface area contributed by atoms with Crippen LogP contribution in [0.3, 0.4) is 0 Å². The minimum Gasteiger partial charge on any atom is -0.455 e. The van der Waals surface area contributed by atoms with E-state index in [1.807, 2.05) is 0 Å². The Labute approximate surface area is 341 Å². The van der Waals surface area contributed by atoms with Gasteiger partial charge in [0.2, 0.25) is 0 Å². The van der Waals surface area contributed by atoms with Gasteiger partial charge in [0.25, 0.3) is 0 Å². The fourth-order valence-electron chi connectivity index (χ4n) is 9.70. The Bertz CT molecular complexity index is 2010. The van der Waals surface area contributed by atoms with Crippen molar-refractivity contribution in [2.75, 3.05) is 6.61 Å². The summed E-state index contributed by atoms with van der Waals surface area (Å²) in [4.78, 5) is 69.0. The van der Waals surface area contributed by atoms with Crippen molar-refractivity contribution in [3.05, 3.63) is 82.9 Å². The van der Waals surface area contributed by atoms with Crippen LogP contribution in [0.5, 0.6) is 0 Å². The second-order valence-corrected chi connectivity index (χ2v) is 17.6. The number of aliphatic hydroxyl groups excluding tert-OH is 4. The molecule has 2 bridgehead atoms. The van der Waals surface area contributed by atoms with E-state index in [0.717, 1.165) is 6.92 Å². The van der Waals surface area contributed by atoms with E-state index in [9.17, 15) is 49.5 Å². The maximum atomic E-state index is 15.0. The molecular formula is C43H53NO15. The molecule has 16 nitrogen and oxygen atoms in total. The molecule has 6 N–H and O–H groups in total. The minimum atomic E-state index is -2.84. The Morgan fingerprint density at radius 1 is 0.932 bits per heavy atom. The number of esters is 3. The number of fused-ring (bicyclic) bond motifs is 5. The number of aliphatic hydroxyl groups is 5. The Morgan fingerprint density at radius 2 is 1.53 bits per heavy atom. The molecule has 12 atom stereocenters. The van der Waals surface area contributed by atoms with Crippen LogP contribution < -0.4 is 5.32 Å². The monoisotopic (exact) mass is 823 g/mol. The van der Waals surface area contributed by atoms with Gasteiger partial charge in [0.05, 0.1) is 35.6 Å². The lowest BCUT2D eigenvalue weighted by atomic mass is 9.44. The van der Waals surface area contributed by atoms with Crippen molar-refractivity contribution in [1.82, 2.24) is 5.32 Å². The first kappa shape index (κ1) is 43.9. The van der Waals surface area contributed by atoms with E-state index in [2.05, 4.69) is 5.32 Å². The SMILES string of the molecule is CC(=O)O[C@@]12CO[C@@H]1C[C@H](O)[C@@]1(C)C(=O)[C@H](O)C3=C(C)[C@@H](OC(=O)[C@H](O)[C@@H](NC(=O)OC(C)(C)C)c4ccccc4)[C@H](O)[C@@](O)([C@@H](OC(=O)c4ccccc4)[C@H]21)C3(C)C. The molecule has 4 aliphatic rings. The molecule has 320 valence electrons. The predicted molar refractivity (Wildman–Crippen MR) is 205 cm³/mol. The van der Waals surface area contributed by atoms with E-state index < -0.39 is 112 Å². The number of benzene rings is 2. The van der Waals surface area contributed by atoms with Gasteiger partial charge in [0.15, 0.2) is 23.6 Å². The standard InChI is InChI=1S/C43H53NO15/c1-21-27-29(47)33(49)41(8)25(46)19-26-42(20-55-26,58-22(2)45)32(41)35(57-36(51)24-17-13-10-14-18-24)43(54,40(27,6)7)34(50)31(21)56-37(52)30(48)28(23-15-11-9-12-16-23)44-38(53)59-39(3,4)5/h9-18,25-26,28-32,34-35,46-48,50,54H,19-20H2,1-8H3,(H,44,53)/t25-,26+,28-,29+,30+,31+,32-,34-,35-,41+,42-,43+/m0/s1. The first-order valence-electron chi connectivity index (χ1n) is 19.5. The fraction of sp³-hybridized carbons (Fsp3) is 0.558. The molecular weight excluding hydrogens is 770 g/mol. The zero-order chi connectivity index (χ0) is 43.6. The van der Waals surface area contributed by atoms with Crippen LogP contribution in [0.2, 0.25) is 0 Å². The summed E-state index contributed by atoms with van der Waals surface area (Å²) in [6.07, 6.45) is -14.5. The molecule has 6 rings (SSSR count). The number of alkyl carbamates (subject to hydrolysis) is 1. The zero-order valence-corrected chi connectivity index (χ0v) is 34.2. The quantitative estimate of drug-likeness (QED) is 0.127. The van der Waals surface area contributed by atoms with Gasteiger partial charge in [0, 0.05) is 18.8 Å². The van der Waals surface area contributed by atoms with Crippen LogP contribution in [-0.4, -0.2) is 121 Å². The van der Waals surface area contributed by atoms with Crippen molar-refractivity contribution in [3.8, 4) is 0 Å². The van der Waals surface area contributed by atoms with E-state index in [1.54, 1.807) is 57.2 Å². The normalized spacial score (nSPS) is 34.6. The molecule has 0 spiro atoms. The van der Waals surface area contributed by atoms with Gasteiger partial charge in [-0.05, 0) is 63.5 Å². The second-order valence-electron chi connectivity index (χ2n) is 17.6. The number of ketones is 1. The Kier molecular flexibility index (Phi) is 11.4. The van der Waals surface area contributed by atoms with Gasteiger partial charge in [-0.25, -0.2) is 14.4 Å². The lowest BCUT2D eigenvalue weighted by Gasteiger charge is -2.67. The van der Waals surface area contributed by atoms with Crippen LogP contribution in [0.1, 0.15) is 83.8 Å². The third-order valence-electron chi connectivity index (χ3n) is 12.6. The number of ether oxygens (including phenoxy) is 5. The highest BCUT2D eigenvalue weighted by atomic mass is 16.6. The van der Waals surface area contributed by atoms with Gasteiger partial charge in [-0.15, -0.1) is 0 Å². The largest absolute Gasteiger partial charge is 0.455 e. The average molecular weight is 824 g/mol. The van der Waals surface area contributed by atoms with Crippen LogP contribution in [0.25, 0.3) is 0 Å². The number of hydrogen-bond donors (Lipinski definition) is 6. The predicted octanol–water partition coefficient (Wildman–Crippen LogP) is 2.23. The fourth-order valence-corrected chi connectivity index (χ4v) is 9.70. The zero-order valence-electron chi connectivity index (χ0n) is 34.2. The lowest BCUT2D eigenvalue weighted by molar-refractivity contribution is -0.352. The molecule has 0 unspecified atom stereocenters. The maximum Gasteiger partial charge on any atom is 0.408 e. The highest BCUT2D eigenvalue weighted by molar-refractivity contribution is 5.94. The second kappa shape index (κ2) is 15.4. The summed E-state index contributed by atoms with van der Waals surface area (Å²) in [7, 11) is 0. The molecule has 3 fully saturated rings. The first-order chi connectivity index (χ1) is 27.4. The summed E-state index contributed by atoms with van der Waals surface area (Å²) in [6.45, 7) is 11.1. The number of carbonyl (C=O) groups is 5. The maximum absolute atomic E-state index is 15.0. The van der Waals surface area contributed by atoms with Crippen LogP contribution in [0.15, 0.2) is 71.8 Å². The minimum absolute atomic E-state index is 0.00359. The summed E-state index contributed by atoms with van der Waals surface area (Å²) in [6, 6.07) is 14.1. The van der Waals surface area contributed by atoms with E-state index in [-0.39, 0.29) is 35.3 Å². The molecule has 3 aliphatic carbocycles. The molecule has 1 aliphatic heterocycles. The van der Waals surface area contributed by atoms with Crippen molar-refractivity contribution in [2.24, 2.45) is 16.7 Å². The number of carbonyl (C=O) groups excluding carboxylic acids is 5. The summed E-state index contributed by atoms with van der Waals surface area (Å²) >= 11 is 0. The molecule has 2 saturated carbocycles. The van der Waals surface area contributed by atoms with Crippen LogP contribution in [-0.2, 0) is 38.1 Å². The summed E-state index contributed by atoms with van der Waals surface area (Å²) in [5, 5.41) is 64.2. The number of rotatable bonds is 8. The number of Topliss-reactive ketones (excluding diaryl/α,β-unsaturated/α-hetero) is 1. The molecule has 0 aromatic heterocycles. The summed E-state index contributed by atoms with van der Waals surface area (Å²) in [5.74, 6) is -5.96. The summed E-state index contributed by atoms with van der Waals surface area (Å²) < 4.78 is 29.2. The molecule has 16 heteroatoms. The molecule has 2 aromatic rings. The Balaban J connectivity index is 1.52. The van der Waals surface area contributed by atoms with E-state index >= 15 is 0 Å². The van der Waals surface area contributed by atoms with Crippen LogP contribution >= 0.6 is 0 Å². The van der Waals surface area contributed by atoms with Gasteiger partial charge in [-0.1, -0.05) is 62.4 Å². The van der Waals surface area contributed by atoms with Gasteiger partial charge in [-0.3, -0.25) is 9.59 Å². The first-order valence-corrected chi connectivity index (χ1v) is 19.5. The molecule has 1 heterocycles. The lowest BCUT2D eigenvalue weighted by Crippen LogP contribution is -2.83. The van der Waals surface area contributed by atoms with E-state index in [4.69, 9.17) is 23.7 Å². The topological polar surface area (TPSA) is 245 Å². The number of hydrogen-bond acceptors (Lipinski definition) is 15. The molecule has 59 heavy (non-hydrogen) atoms. The number of amides is 1. The molecule has 2 aromatic carbocycles. The van der Waals surface area contributed by atoms with Crippen molar-refractivity contribution in [2.45, 2.75) is 127 Å². The third kappa shape index (κ3) is 7.12. The van der Waals surface area contributed by atoms with Crippen molar-refractivity contribution >= 4 is 29.8 Å². The van der Waals surface area contributed by atoms with Gasteiger partial charge in [-0.2, -0.15) is 0 Å². The van der Waals surface area contributed by atoms with Gasteiger partial charge >= 0.3 is 24.0 Å². The Hall–Kier alpha value is -4.71. The molecule has 1 saturated heterocycles. The average Bonchev–Trinajstić information content (AvgIpc) is 3.16. The van der Waals surface area contributed by atoms with Crippen LogP contribution in [0.4, 0.5) is 4.79 Å². The van der Waals surface area contributed by atoms with Crippen molar-refractivity contribution in [3.63, 3.8) is 0 Å². The van der Waals surface area contributed by atoms with Crippen molar-refractivity contribution < 1.29 is 73.2 Å². The van der Waals surface area contributed by atoms with E-state index in [0.29, 0.717) is 0 Å². The van der Waals surface area contributed by atoms with E-state index in [1.165, 1.54) is 52.0 Å². The molecule has 1 amide bonds. The Morgan fingerprint density at radius 3 is 2.07 bits per heavy atom. The molecule has 0 radical (unpaired) electrons. The van der Waals surface area contributed by atoms with Crippen molar-refractivity contribution in [1.29, 1.82) is 0 Å². The number of nitrogens with one attached hydrogen (secondary N) is 1. The smallest absolute Gasteiger partial charge is 0.408 e.